The van der Waals surface area contributed by atoms with Gasteiger partial charge in [-0.3, -0.25) is 14.5 Å². The molecule has 0 bridgehead atoms. The van der Waals surface area contributed by atoms with Crippen LogP contribution in [0.25, 0.3) is 0 Å². The van der Waals surface area contributed by atoms with Crippen molar-refractivity contribution in [2.75, 3.05) is 31.5 Å². The number of benzene rings is 2. The second-order valence-electron chi connectivity index (χ2n) is 8.45. The molecule has 1 N–H and O–H groups in total. The third-order valence-corrected chi connectivity index (χ3v) is 5.80. The molecule has 4 rings (SSSR count). The lowest BCUT2D eigenvalue weighted by Crippen LogP contribution is -2.48. The summed E-state index contributed by atoms with van der Waals surface area (Å²) in [7, 11) is 0. The zero-order valence-electron chi connectivity index (χ0n) is 19.4. The van der Waals surface area contributed by atoms with Gasteiger partial charge in [0.15, 0.2) is 0 Å². The van der Waals surface area contributed by atoms with Crippen LogP contribution in [0.15, 0.2) is 72.9 Å². The number of ether oxygens (including phenoxy) is 1. The molecule has 2 amide bonds. The minimum Gasteiger partial charge on any atom is -0.439 e. The van der Waals surface area contributed by atoms with Crippen LogP contribution in [0.3, 0.4) is 0 Å². The Morgan fingerprint density at radius 3 is 2.29 bits per heavy atom. The van der Waals surface area contributed by atoms with Crippen LogP contribution in [0.2, 0.25) is 0 Å². The summed E-state index contributed by atoms with van der Waals surface area (Å²) < 4.78 is 5.76. The number of nitrogens with one attached hydrogen (secondary N) is 1. The highest BCUT2D eigenvalue weighted by Gasteiger charge is 2.20. The number of carbonyl (C=O) groups is 2. The number of amides is 2. The lowest BCUT2D eigenvalue weighted by atomic mass is 10.1. The maximum absolute atomic E-state index is 12.7. The van der Waals surface area contributed by atoms with E-state index in [1.807, 2.05) is 35.2 Å². The lowest BCUT2D eigenvalue weighted by molar-refractivity contribution is -0.133. The monoisotopic (exact) mass is 458 g/mol. The van der Waals surface area contributed by atoms with Crippen LogP contribution in [0, 0.1) is 0 Å². The standard InChI is InChI=1S/C27H30N4O3/c1-21(32)29-24-10-13-26(28-19-24)34-25-11-7-22(8-12-25)9-14-27(33)31-17-15-30(16-18-31)20-23-5-3-2-4-6-23/h2-8,10-13,19H,9,14-18,20H2,1H3,(H,29,32). The van der Waals surface area contributed by atoms with E-state index in [0.717, 1.165) is 38.3 Å². The number of hydrogen-bond acceptors (Lipinski definition) is 5. The lowest BCUT2D eigenvalue weighted by Gasteiger charge is -2.34. The van der Waals surface area contributed by atoms with E-state index in [4.69, 9.17) is 4.74 Å². The van der Waals surface area contributed by atoms with Crippen LogP contribution in [0.1, 0.15) is 24.5 Å². The van der Waals surface area contributed by atoms with Crippen molar-refractivity contribution in [3.05, 3.63) is 84.1 Å². The molecule has 1 fully saturated rings. The van der Waals surface area contributed by atoms with E-state index in [0.29, 0.717) is 30.2 Å². The van der Waals surface area contributed by atoms with E-state index < -0.39 is 0 Å². The molecule has 3 aromatic rings. The fourth-order valence-corrected chi connectivity index (χ4v) is 3.97. The quantitative estimate of drug-likeness (QED) is 0.550. The van der Waals surface area contributed by atoms with Crippen molar-refractivity contribution in [1.82, 2.24) is 14.8 Å². The number of nitrogens with zero attached hydrogens (tertiary/aromatic N) is 3. The molecule has 0 saturated carbocycles. The van der Waals surface area contributed by atoms with Gasteiger partial charge in [-0.15, -0.1) is 0 Å². The number of carbonyl (C=O) groups excluding carboxylic acids is 2. The number of piperazine rings is 1. The fourth-order valence-electron chi connectivity index (χ4n) is 3.97. The van der Waals surface area contributed by atoms with Crippen LogP contribution in [0.5, 0.6) is 11.6 Å². The first-order valence-electron chi connectivity index (χ1n) is 11.6. The molecule has 0 radical (unpaired) electrons. The second kappa shape index (κ2) is 11.4. The third kappa shape index (κ3) is 6.89. The van der Waals surface area contributed by atoms with Crippen molar-refractivity contribution in [2.24, 2.45) is 0 Å². The summed E-state index contributed by atoms with van der Waals surface area (Å²) in [6.45, 7) is 5.77. The molecule has 7 heteroatoms. The van der Waals surface area contributed by atoms with E-state index in [1.165, 1.54) is 12.5 Å². The zero-order valence-corrected chi connectivity index (χ0v) is 19.4. The van der Waals surface area contributed by atoms with Gasteiger partial charge in [0.2, 0.25) is 17.7 Å². The first kappa shape index (κ1) is 23.4. The van der Waals surface area contributed by atoms with Gasteiger partial charge in [-0.25, -0.2) is 4.98 Å². The third-order valence-electron chi connectivity index (χ3n) is 5.80. The highest BCUT2D eigenvalue weighted by atomic mass is 16.5. The van der Waals surface area contributed by atoms with Crippen molar-refractivity contribution < 1.29 is 14.3 Å². The first-order valence-corrected chi connectivity index (χ1v) is 11.6. The van der Waals surface area contributed by atoms with Gasteiger partial charge < -0.3 is 15.0 Å². The van der Waals surface area contributed by atoms with E-state index >= 15 is 0 Å². The Hall–Kier alpha value is -3.71. The van der Waals surface area contributed by atoms with Crippen LogP contribution in [-0.4, -0.2) is 52.8 Å². The van der Waals surface area contributed by atoms with Gasteiger partial charge in [-0.1, -0.05) is 42.5 Å². The molecule has 0 atom stereocenters. The highest BCUT2D eigenvalue weighted by molar-refractivity contribution is 5.88. The van der Waals surface area contributed by atoms with E-state index in [-0.39, 0.29) is 11.8 Å². The van der Waals surface area contributed by atoms with E-state index in [1.54, 1.807) is 18.3 Å². The Kier molecular flexibility index (Phi) is 7.88. The second-order valence-corrected chi connectivity index (χ2v) is 8.45. The Morgan fingerprint density at radius 1 is 0.912 bits per heavy atom. The maximum Gasteiger partial charge on any atom is 0.222 e. The summed E-state index contributed by atoms with van der Waals surface area (Å²) in [5.74, 6) is 1.19. The first-order chi connectivity index (χ1) is 16.5. The molecule has 1 aliphatic heterocycles. The average Bonchev–Trinajstić information content (AvgIpc) is 2.85. The van der Waals surface area contributed by atoms with Crippen LogP contribution < -0.4 is 10.1 Å². The number of aryl methyl sites for hydroxylation is 1. The number of hydrogen-bond donors (Lipinski definition) is 1. The molecule has 0 unspecified atom stereocenters. The molecule has 2 aromatic carbocycles. The highest BCUT2D eigenvalue weighted by Crippen LogP contribution is 2.21. The van der Waals surface area contributed by atoms with Crippen LogP contribution in [-0.2, 0) is 22.6 Å². The van der Waals surface area contributed by atoms with Gasteiger partial charge in [0.25, 0.3) is 0 Å². The molecule has 1 saturated heterocycles. The zero-order chi connectivity index (χ0) is 23.8. The molecule has 34 heavy (non-hydrogen) atoms. The van der Waals surface area contributed by atoms with Gasteiger partial charge in [0, 0.05) is 52.1 Å². The summed E-state index contributed by atoms with van der Waals surface area (Å²) in [5, 5.41) is 2.67. The average molecular weight is 459 g/mol. The van der Waals surface area contributed by atoms with Crippen molar-refractivity contribution >= 4 is 17.5 Å². The van der Waals surface area contributed by atoms with Crippen LogP contribution in [0.4, 0.5) is 5.69 Å². The van der Waals surface area contributed by atoms with Crippen molar-refractivity contribution in [1.29, 1.82) is 0 Å². The summed E-state index contributed by atoms with van der Waals surface area (Å²) >= 11 is 0. The normalized spacial score (nSPS) is 14.0. The molecule has 7 nitrogen and oxygen atoms in total. The SMILES string of the molecule is CC(=O)Nc1ccc(Oc2ccc(CCC(=O)N3CCN(Cc4ccccc4)CC3)cc2)nc1. The molecule has 1 aliphatic rings. The van der Waals surface area contributed by atoms with Crippen molar-refractivity contribution in [3.8, 4) is 11.6 Å². The molecule has 0 spiro atoms. The molecule has 176 valence electrons. The minimum absolute atomic E-state index is 0.144. The van der Waals surface area contributed by atoms with Gasteiger partial charge in [0.1, 0.15) is 5.75 Å². The van der Waals surface area contributed by atoms with E-state index in [2.05, 4.69) is 39.5 Å². The predicted octanol–water partition coefficient (Wildman–Crippen LogP) is 4.11. The number of rotatable bonds is 8. The number of anilines is 1. The Labute approximate surface area is 200 Å². The minimum atomic E-state index is -0.144. The Morgan fingerprint density at radius 2 is 1.65 bits per heavy atom. The number of aromatic nitrogens is 1. The Bertz CT molecular complexity index is 1080. The van der Waals surface area contributed by atoms with Crippen molar-refractivity contribution in [2.45, 2.75) is 26.3 Å². The summed E-state index contributed by atoms with van der Waals surface area (Å²) in [5.41, 5.74) is 3.03. The molecule has 1 aromatic heterocycles. The predicted molar refractivity (Wildman–Crippen MR) is 132 cm³/mol. The summed E-state index contributed by atoms with van der Waals surface area (Å²) in [6, 6.07) is 21.6. The number of pyridine rings is 1. The largest absolute Gasteiger partial charge is 0.439 e. The Balaban J connectivity index is 1.20. The van der Waals surface area contributed by atoms with Gasteiger partial charge >= 0.3 is 0 Å². The van der Waals surface area contributed by atoms with Crippen molar-refractivity contribution in [3.63, 3.8) is 0 Å². The van der Waals surface area contributed by atoms with E-state index in [9.17, 15) is 9.59 Å². The molecular weight excluding hydrogens is 428 g/mol. The molecular formula is C27H30N4O3. The molecule has 0 aliphatic carbocycles. The smallest absolute Gasteiger partial charge is 0.222 e. The summed E-state index contributed by atoms with van der Waals surface area (Å²) in [6.07, 6.45) is 2.76. The summed E-state index contributed by atoms with van der Waals surface area (Å²) in [4.78, 5) is 32.4. The van der Waals surface area contributed by atoms with Gasteiger partial charge in [0.05, 0.1) is 11.9 Å². The molecule has 2 heterocycles. The van der Waals surface area contributed by atoms with Gasteiger partial charge in [-0.05, 0) is 35.7 Å². The van der Waals surface area contributed by atoms with Gasteiger partial charge in [-0.2, -0.15) is 0 Å². The topological polar surface area (TPSA) is 74.8 Å². The fraction of sp³-hybridized carbons (Fsp3) is 0.296. The van der Waals surface area contributed by atoms with Crippen LogP contribution >= 0.6 is 0 Å². The maximum atomic E-state index is 12.7.